The number of carbonyl (C=O) groups is 1. The number of nitrogens with two attached hydrogens (primary N) is 1. The van der Waals surface area contributed by atoms with Gasteiger partial charge in [0.05, 0.1) is 0 Å². The molecule has 0 saturated carbocycles. The van der Waals surface area contributed by atoms with Crippen LogP contribution in [0, 0.1) is 0 Å². The molecule has 0 aliphatic heterocycles. The van der Waals surface area contributed by atoms with E-state index in [1.54, 1.807) is 0 Å². The molecule has 2 N–H and O–H groups in total. The molecule has 1 rings (SSSR count). The van der Waals surface area contributed by atoms with Crippen LogP contribution in [0.3, 0.4) is 0 Å². The van der Waals surface area contributed by atoms with Gasteiger partial charge in [0, 0.05) is 17.9 Å². The summed E-state index contributed by atoms with van der Waals surface area (Å²) in [6.07, 6.45) is 3.21. The molecule has 0 fully saturated rings. The Labute approximate surface area is 120 Å². The van der Waals surface area contributed by atoms with Gasteiger partial charge in [-0.2, -0.15) is 0 Å². The normalized spacial score (nSPS) is 10.9. The van der Waals surface area contributed by atoms with Crippen LogP contribution in [0.25, 0.3) is 0 Å². The maximum absolute atomic E-state index is 11.9. The zero-order valence-corrected chi connectivity index (χ0v) is 12.7. The number of hydrogen-bond donors (Lipinski definition) is 1. The summed E-state index contributed by atoms with van der Waals surface area (Å²) in [6, 6.07) is 7.97. The van der Waals surface area contributed by atoms with Gasteiger partial charge in [-0.3, -0.25) is 4.79 Å². The van der Waals surface area contributed by atoms with E-state index in [2.05, 4.69) is 17.0 Å². The van der Waals surface area contributed by atoms with Crippen molar-refractivity contribution in [1.82, 2.24) is 4.90 Å². The molecule has 0 aliphatic rings. The second-order valence-corrected chi connectivity index (χ2v) is 5.95. The van der Waals surface area contributed by atoms with Gasteiger partial charge in [-0.1, -0.05) is 36.0 Å². The first-order valence-electron chi connectivity index (χ1n) is 6.74. The van der Waals surface area contributed by atoms with Gasteiger partial charge in [0.25, 0.3) is 0 Å². The number of thioether (sulfide) groups is 1. The van der Waals surface area contributed by atoms with E-state index in [9.17, 15) is 4.79 Å². The predicted octanol–water partition coefficient (Wildman–Crippen LogP) is 2.40. The van der Waals surface area contributed by atoms with E-state index < -0.39 is 0 Å². The molecule has 106 valence electrons. The summed E-state index contributed by atoms with van der Waals surface area (Å²) in [6.45, 7) is 1.67. The van der Waals surface area contributed by atoms with Gasteiger partial charge >= 0.3 is 0 Å². The molecule has 3 nitrogen and oxygen atoms in total. The van der Waals surface area contributed by atoms with E-state index >= 15 is 0 Å². The minimum absolute atomic E-state index is 0.162. The average molecular weight is 280 g/mol. The van der Waals surface area contributed by atoms with Crippen molar-refractivity contribution in [2.45, 2.75) is 19.3 Å². The van der Waals surface area contributed by atoms with E-state index in [0.29, 0.717) is 0 Å². The van der Waals surface area contributed by atoms with Crippen molar-refractivity contribution in [1.29, 1.82) is 0 Å². The minimum atomic E-state index is 0.162. The number of unbranched alkanes of at least 4 members (excludes halogenated alkanes) is 1. The molecular formula is C15H24N2OS. The lowest BCUT2D eigenvalue weighted by atomic mass is 10.1. The van der Waals surface area contributed by atoms with Crippen molar-refractivity contribution >= 4 is 16.9 Å². The minimum Gasteiger partial charge on any atom is -0.330 e. The van der Waals surface area contributed by atoms with Gasteiger partial charge in [-0.05, 0) is 45.5 Å². The van der Waals surface area contributed by atoms with E-state index in [0.717, 1.165) is 43.7 Å². The van der Waals surface area contributed by atoms with Crippen LogP contribution < -0.4 is 5.73 Å². The van der Waals surface area contributed by atoms with Crippen LogP contribution in [0.2, 0.25) is 0 Å². The topological polar surface area (TPSA) is 46.3 Å². The van der Waals surface area contributed by atoms with Gasteiger partial charge in [0.15, 0.2) is 0 Å². The third-order valence-electron chi connectivity index (χ3n) is 2.88. The van der Waals surface area contributed by atoms with Crippen molar-refractivity contribution in [3.05, 3.63) is 35.4 Å². The summed E-state index contributed by atoms with van der Waals surface area (Å²) < 4.78 is 0. The highest BCUT2D eigenvalue weighted by Gasteiger charge is 2.06. The van der Waals surface area contributed by atoms with E-state index in [1.807, 2.05) is 26.2 Å². The summed E-state index contributed by atoms with van der Waals surface area (Å²) in [4.78, 5) is 14.0. The maximum atomic E-state index is 11.9. The number of aryl methyl sites for hydroxylation is 1. The molecule has 0 amide bonds. The van der Waals surface area contributed by atoms with E-state index in [1.165, 1.54) is 17.3 Å². The highest BCUT2D eigenvalue weighted by atomic mass is 32.2. The van der Waals surface area contributed by atoms with Gasteiger partial charge in [-0.15, -0.1) is 0 Å². The molecule has 19 heavy (non-hydrogen) atoms. The molecular weight excluding hydrogens is 256 g/mol. The van der Waals surface area contributed by atoms with Crippen molar-refractivity contribution in [2.24, 2.45) is 5.73 Å². The fourth-order valence-electron chi connectivity index (χ4n) is 1.69. The first-order chi connectivity index (χ1) is 9.13. The Balaban J connectivity index is 2.39. The van der Waals surface area contributed by atoms with Crippen molar-refractivity contribution in [2.75, 3.05) is 32.9 Å². The fourth-order valence-corrected chi connectivity index (χ4v) is 2.63. The molecule has 1 aromatic rings. The lowest BCUT2D eigenvalue weighted by Crippen LogP contribution is -2.15. The van der Waals surface area contributed by atoms with Crippen molar-refractivity contribution in [3.8, 4) is 0 Å². The van der Waals surface area contributed by atoms with Gasteiger partial charge in [-0.25, -0.2) is 0 Å². The van der Waals surface area contributed by atoms with E-state index in [4.69, 9.17) is 5.73 Å². The molecule has 0 atom stereocenters. The Morgan fingerprint density at radius 2 is 1.89 bits per heavy atom. The number of carbonyl (C=O) groups excluding carboxylic acids is 1. The first-order valence-corrected chi connectivity index (χ1v) is 7.73. The standard InChI is InChI=1S/C15H24N2OS/c1-17(2)11-12-19-15(18)14-8-6-13(7-9-14)5-3-4-10-16/h6-9H,3-5,10-12,16H2,1-2H3. The number of rotatable bonds is 8. The molecule has 0 saturated heterocycles. The second-order valence-electron chi connectivity index (χ2n) is 4.88. The van der Waals surface area contributed by atoms with Gasteiger partial charge in [0.2, 0.25) is 5.12 Å². The van der Waals surface area contributed by atoms with Crippen LogP contribution in [0.4, 0.5) is 0 Å². The molecule has 0 aromatic heterocycles. The van der Waals surface area contributed by atoms with Crippen molar-refractivity contribution in [3.63, 3.8) is 0 Å². The van der Waals surface area contributed by atoms with Gasteiger partial charge < -0.3 is 10.6 Å². The average Bonchev–Trinajstić information content (AvgIpc) is 2.39. The molecule has 0 heterocycles. The Morgan fingerprint density at radius 3 is 2.47 bits per heavy atom. The van der Waals surface area contributed by atoms with Crippen LogP contribution in [-0.4, -0.2) is 43.0 Å². The maximum Gasteiger partial charge on any atom is 0.219 e. The van der Waals surface area contributed by atoms with E-state index in [-0.39, 0.29) is 5.12 Å². The summed E-state index contributed by atoms with van der Waals surface area (Å²) >= 11 is 1.39. The fraction of sp³-hybridized carbons (Fsp3) is 0.533. The number of benzene rings is 1. The van der Waals surface area contributed by atoms with Crippen LogP contribution in [0.15, 0.2) is 24.3 Å². The molecule has 4 heteroatoms. The lowest BCUT2D eigenvalue weighted by molar-refractivity contribution is 0.108. The first kappa shape index (κ1) is 16.2. The third kappa shape index (κ3) is 6.76. The number of hydrogen-bond acceptors (Lipinski definition) is 4. The zero-order valence-electron chi connectivity index (χ0n) is 11.9. The summed E-state index contributed by atoms with van der Waals surface area (Å²) in [5.74, 6) is 0.837. The van der Waals surface area contributed by atoms with Crippen LogP contribution >= 0.6 is 11.8 Å². The molecule has 0 radical (unpaired) electrons. The highest BCUT2D eigenvalue weighted by molar-refractivity contribution is 8.14. The smallest absolute Gasteiger partial charge is 0.219 e. The zero-order chi connectivity index (χ0) is 14.1. The van der Waals surface area contributed by atoms with Crippen LogP contribution in [-0.2, 0) is 6.42 Å². The summed E-state index contributed by atoms with van der Waals surface area (Å²) in [5, 5.41) is 0.162. The predicted molar refractivity (Wildman–Crippen MR) is 83.8 cm³/mol. The van der Waals surface area contributed by atoms with Crippen LogP contribution in [0.1, 0.15) is 28.8 Å². The highest BCUT2D eigenvalue weighted by Crippen LogP contribution is 2.14. The monoisotopic (exact) mass is 280 g/mol. The Bertz CT molecular complexity index is 376. The Hall–Kier alpha value is -0.840. The Morgan fingerprint density at radius 1 is 1.21 bits per heavy atom. The number of nitrogens with zero attached hydrogens (tertiary/aromatic N) is 1. The SMILES string of the molecule is CN(C)CCSC(=O)c1ccc(CCCCN)cc1. The summed E-state index contributed by atoms with van der Waals surface area (Å²) in [7, 11) is 4.03. The largest absolute Gasteiger partial charge is 0.330 e. The van der Waals surface area contributed by atoms with Crippen LogP contribution in [0.5, 0.6) is 0 Å². The quantitative estimate of drug-likeness (QED) is 0.743. The lowest BCUT2D eigenvalue weighted by Gasteiger charge is -2.08. The molecule has 0 unspecified atom stereocenters. The summed E-state index contributed by atoms with van der Waals surface area (Å²) in [5.41, 5.74) is 7.55. The second kappa shape index (κ2) is 9.13. The molecule has 0 bridgehead atoms. The third-order valence-corrected chi connectivity index (χ3v) is 3.77. The molecule has 1 aromatic carbocycles. The molecule has 0 spiro atoms. The Kier molecular flexibility index (Phi) is 7.79. The van der Waals surface area contributed by atoms with Crippen molar-refractivity contribution < 1.29 is 4.79 Å². The van der Waals surface area contributed by atoms with Gasteiger partial charge in [0.1, 0.15) is 0 Å². The molecule has 0 aliphatic carbocycles.